The predicted octanol–water partition coefficient (Wildman–Crippen LogP) is 7.51. The van der Waals surface area contributed by atoms with Gasteiger partial charge in [-0.05, 0) is 100.0 Å². The molecule has 0 saturated carbocycles. The molecule has 0 spiro atoms. The highest BCUT2D eigenvalue weighted by molar-refractivity contribution is 9.09. The molecule has 1 aromatic carbocycles. The number of halogens is 1. The first-order chi connectivity index (χ1) is 14.7. The van der Waals surface area contributed by atoms with Gasteiger partial charge >= 0.3 is 5.97 Å². The van der Waals surface area contributed by atoms with E-state index in [0.717, 1.165) is 49.8 Å². The van der Waals surface area contributed by atoms with Gasteiger partial charge < -0.3 is 9.84 Å². The zero-order chi connectivity index (χ0) is 22.6. The fourth-order valence-electron chi connectivity index (χ4n) is 4.88. The maximum Gasteiger partial charge on any atom is 0.335 e. The standard InChI is InChI=1S/C27H35BrO3/c1-18(2)7-5-8-19(3)9-6-14-27(4)23-16-22-15-20(26(29)30)10-12-24(22)31-17-21(23)11-13-25(27)28/h7,9-12,15,23,25H,5-6,8,13-14,16-17H2,1-4H3,(H,29,30). The smallest absolute Gasteiger partial charge is 0.335 e. The van der Waals surface area contributed by atoms with Crippen LogP contribution in [0.2, 0.25) is 0 Å². The third-order valence-electron chi connectivity index (χ3n) is 6.94. The minimum atomic E-state index is -0.888. The fraction of sp³-hybridized carbons (Fsp3) is 0.519. The second-order valence-corrected chi connectivity index (χ2v) is 10.7. The molecule has 4 heteroatoms. The Balaban J connectivity index is 1.78. The average molecular weight is 487 g/mol. The second-order valence-electron chi connectivity index (χ2n) is 9.57. The molecule has 1 aliphatic carbocycles. The lowest BCUT2D eigenvalue weighted by molar-refractivity contribution is 0.0696. The Morgan fingerprint density at radius 2 is 2.03 bits per heavy atom. The summed E-state index contributed by atoms with van der Waals surface area (Å²) >= 11 is 3.99. The Labute approximate surface area is 195 Å². The summed E-state index contributed by atoms with van der Waals surface area (Å²) in [4.78, 5) is 11.9. The van der Waals surface area contributed by atoms with Crippen LogP contribution in [-0.2, 0) is 6.42 Å². The normalized spacial score (nSPS) is 25.5. The Morgan fingerprint density at radius 3 is 2.74 bits per heavy atom. The highest BCUT2D eigenvalue weighted by Crippen LogP contribution is 2.51. The van der Waals surface area contributed by atoms with Crippen molar-refractivity contribution in [3.05, 3.63) is 64.3 Å². The topological polar surface area (TPSA) is 46.5 Å². The summed E-state index contributed by atoms with van der Waals surface area (Å²) in [6.45, 7) is 9.53. The summed E-state index contributed by atoms with van der Waals surface area (Å²) in [6.07, 6.45) is 13.3. The zero-order valence-electron chi connectivity index (χ0n) is 19.2. The van der Waals surface area contributed by atoms with Crippen molar-refractivity contribution >= 4 is 21.9 Å². The third kappa shape index (κ3) is 5.71. The molecule has 3 atom stereocenters. The van der Waals surface area contributed by atoms with Crippen LogP contribution in [0.15, 0.2) is 53.1 Å². The van der Waals surface area contributed by atoms with Crippen LogP contribution in [0.25, 0.3) is 0 Å². The lowest BCUT2D eigenvalue weighted by atomic mass is 9.63. The summed E-state index contributed by atoms with van der Waals surface area (Å²) in [5.74, 6) is 0.278. The highest BCUT2D eigenvalue weighted by Gasteiger charge is 2.44. The van der Waals surface area contributed by atoms with E-state index in [1.807, 2.05) is 6.07 Å². The first-order valence-electron chi connectivity index (χ1n) is 11.3. The van der Waals surface area contributed by atoms with Crippen LogP contribution in [0, 0.1) is 11.3 Å². The molecule has 3 unspecified atom stereocenters. The number of alkyl halides is 1. The maximum absolute atomic E-state index is 11.5. The van der Waals surface area contributed by atoms with E-state index in [0.29, 0.717) is 22.9 Å². The van der Waals surface area contributed by atoms with Crippen LogP contribution < -0.4 is 4.74 Å². The minimum absolute atomic E-state index is 0.0883. The molecule has 1 heterocycles. The van der Waals surface area contributed by atoms with Gasteiger partial charge in [-0.1, -0.05) is 52.2 Å². The number of hydrogen-bond donors (Lipinski definition) is 1. The van der Waals surface area contributed by atoms with Crippen LogP contribution in [0.1, 0.15) is 75.7 Å². The number of benzene rings is 1. The van der Waals surface area contributed by atoms with E-state index in [1.165, 1.54) is 16.7 Å². The number of carbonyl (C=O) groups is 1. The molecule has 0 fully saturated rings. The van der Waals surface area contributed by atoms with Gasteiger partial charge in [-0.15, -0.1) is 0 Å². The average Bonchev–Trinajstić information content (AvgIpc) is 2.90. The van der Waals surface area contributed by atoms with Crippen molar-refractivity contribution in [2.75, 3.05) is 6.61 Å². The van der Waals surface area contributed by atoms with Gasteiger partial charge in [-0.3, -0.25) is 0 Å². The van der Waals surface area contributed by atoms with Crippen molar-refractivity contribution in [1.29, 1.82) is 0 Å². The fourth-order valence-corrected chi connectivity index (χ4v) is 5.61. The molecule has 3 rings (SSSR count). The second kappa shape index (κ2) is 10.2. The third-order valence-corrected chi connectivity index (χ3v) is 8.36. The number of fused-ring (bicyclic) bond motifs is 2. The van der Waals surface area contributed by atoms with E-state index in [9.17, 15) is 9.90 Å². The van der Waals surface area contributed by atoms with Crippen LogP contribution in [0.3, 0.4) is 0 Å². The van der Waals surface area contributed by atoms with Crippen molar-refractivity contribution in [2.45, 2.75) is 71.0 Å². The van der Waals surface area contributed by atoms with E-state index in [1.54, 1.807) is 12.1 Å². The molecule has 1 aliphatic heterocycles. The van der Waals surface area contributed by atoms with Crippen LogP contribution in [0.5, 0.6) is 5.75 Å². The van der Waals surface area contributed by atoms with E-state index < -0.39 is 5.97 Å². The van der Waals surface area contributed by atoms with Gasteiger partial charge in [0.15, 0.2) is 0 Å². The Morgan fingerprint density at radius 1 is 1.26 bits per heavy atom. The van der Waals surface area contributed by atoms with Crippen molar-refractivity contribution < 1.29 is 14.6 Å². The number of hydrogen-bond acceptors (Lipinski definition) is 2. The van der Waals surface area contributed by atoms with Crippen molar-refractivity contribution in [3.8, 4) is 5.75 Å². The highest BCUT2D eigenvalue weighted by atomic mass is 79.9. The predicted molar refractivity (Wildman–Crippen MR) is 131 cm³/mol. The summed E-state index contributed by atoms with van der Waals surface area (Å²) in [5, 5.41) is 9.42. The first kappa shape index (κ1) is 23.8. The maximum atomic E-state index is 11.5. The number of aromatic carboxylic acids is 1. The molecule has 2 aliphatic rings. The van der Waals surface area contributed by atoms with E-state index in [2.05, 4.69) is 61.9 Å². The summed E-state index contributed by atoms with van der Waals surface area (Å²) in [5.41, 5.74) is 5.62. The van der Waals surface area contributed by atoms with Gasteiger partial charge in [0.2, 0.25) is 0 Å². The number of ether oxygens (including phenoxy) is 1. The number of allylic oxidation sites excluding steroid dienone is 5. The van der Waals surface area contributed by atoms with Gasteiger partial charge in [0, 0.05) is 4.83 Å². The Hall–Kier alpha value is -1.81. The summed E-state index contributed by atoms with van der Waals surface area (Å²) in [7, 11) is 0. The number of carboxylic acid groups (broad SMARTS) is 1. The minimum Gasteiger partial charge on any atom is -0.489 e. The zero-order valence-corrected chi connectivity index (χ0v) is 20.8. The monoisotopic (exact) mass is 486 g/mol. The lowest BCUT2D eigenvalue weighted by Crippen LogP contribution is -2.41. The van der Waals surface area contributed by atoms with E-state index in [4.69, 9.17) is 4.74 Å². The van der Waals surface area contributed by atoms with Crippen molar-refractivity contribution in [3.63, 3.8) is 0 Å². The van der Waals surface area contributed by atoms with Crippen molar-refractivity contribution in [1.82, 2.24) is 0 Å². The summed E-state index contributed by atoms with van der Waals surface area (Å²) in [6, 6.07) is 5.25. The number of rotatable bonds is 7. The quantitative estimate of drug-likeness (QED) is 0.320. The molecule has 0 amide bonds. The van der Waals surface area contributed by atoms with Gasteiger partial charge in [-0.25, -0.2) is 4.79 Å². The molecular weight excluding hydrogens is 452 g/mol. The van der Waals surface area contributed by atoms with Gasteiger partial charge in [0.05, 0.1) is 5.56 Å². The van der Waals surface area contributed by atoms with Crippen LogP contribution >= 0.6 is 15.9 Å². The molecule has 31 heavy (non-hydrogen) atoms. The summed E-state index contributed by atoms with van der Waals surface area (Å²) < 4.78 is 6.09. The van der Waals surface area contributed by atoms with Gasteiger partial charge in [0.25, 0.3) is 0 Å². The first-order valence-corrected chi connectivity index (χ1v) is 12.2. The molecule has 3 nitrogen and oxygen atoms in total. The number of carboxylic acids is 1. The molecule has 0 saturated heterocycles. The van der Waals surface area contributed by atoms with Gasteiger partial charge in [-0.2, -0.15) is 0 Å². The van der Waals surface area contributed by atoms with E-state index in [-0.39, 0.29) is 5.41 Å². The van der Waals surface area contributed by atoms with Gasteiger partial charge in [0.1, 0.15) is 12.4 Å². The molecule has 0 bridgehead atoms. The molecule has 0 radical (unpaired) electrons. The molecule has 1 N–H and O–H groups in total. The van der Waals surface area contributed by atoms with Crippen molar-refractivity contribution in [2.24, 2.45) is 11.3 Å². The van der Waals surface area contributed by atoms with E-state index >= 15 is 0 Å². The lowest BCUT2D eigenvalue weighted by Gasteiger charge is -2.45. The Bertz CT molecular complexity index is 907. The molecular formula is C27H35BrO3. The SMILES string of the molecule is CC(C)=CCCC(C)=CCCC1(C)C(Br)CC=C2COc3ccc(C(=O)O)cc3CC21. The molecule has 0 aromatic heterocycles. The molecule has 168 valence electrons. The Kier molecular flexibility index (Phi) is 7.85. The van der Waals surface area contributed by atoms with Crippen LogP contribution in [-0.4, -0.2) is 22.5 Å². The van der Waals surface area contributed by atoms with Crippen LogP contribution in [0.4, 0.5) is 0 Å². The molecule has 1 aromatic rings. The largest absolute Gasteiger partial charge is 0.489 e.